The van der Waals surface area contributed by atoms with Crippen LogP contribution in [0.1, 0.15) is 35.1 Å². The van der Waals surface area contributed by atoms with Crippen molar-refractivity contribution in [3.63, 3.8) is 0 Å². The molecule has 5 nitrogen and oxygen atoms in total. The van der Waals surface area contributed by atoms with Gasteiger partial charge in [0, 0.05) is 18.5 Å². The van der Waals surface area contributed by atoms with Crippen LogP contribution in [0.3, 0.4) is 0 Å². The maximum absolute atomic E-state index is 12.8. The van der Waals surface area contributed by atoms with Crippen molar-refractivity contribution < 1.29 is 14.0 Å². The molecule has 6 heteroatoms. The number of carbonyl (C=O) groups is 2. The smallest absolute Gasteiger partial charge is 0.240 e. The summed E-state index contributed by atoms with van der Waals surface area (Å²) in [6, 6.07) is 9.71. The zero-order valence-corrected chi connectivity index (χ0v) is 15.1. The maximum atomic E-state index is 12.8. The number of aryl methyl sites for hydroxylation is 3. The van der Waals surface area contributed by atoms with Crippen molar-refractivity contribution in [2.75, 3.05) is 5.32 Å². The largest absolute Gasteiger partial charge is 0.326 e. The molecule has 0 spiro atoms. The highest BCUT2D eigenvalue weighted by Crippen LogP contribution is 2.22. The number of amides is 2. The van der Waals surface area contributed by atoms with E-state index < -0.39 is 0 Å². The fraction of sp³-hybridized carbons (Fsp3) is 0.250. The lowest BCUT2D eigenvalue weighted by Gasteiger charge is -2.12. The molecule has 26 heavy (non-hydrogen) atoms. The number of rotatable bonds is 6. The van der Waals surface area contributed by atoms with E-state index in [1.54, 1.807) is 12.1 Å². The van der Waals surface area contributed by atoms with E-state index in [0.717, 1.165) is 22.4 Å². The van der Waals surface area contributed by atoms with Crippen molar-refractivity contribution in [1.82, 2.24) is 5.43 Å². The quantitative estimate of drug-likeness (QED) is 0.614. The molecule has 0 aromatic heterocycles. The molecule has 0 atom stereocenters. The van der Waals surface area contributed by atoms with Crippen molar-refractivity contribution in [1.29, 1.82) is 0 Å². The molecule has 0 saturated heterocycles. The van der Waals surface area contributed by atoms with E-state index in [1.165, 1.54) is 18.3 Å². The van der Waals surface area contributed by atoms with Crippen LogP contribution in [0, 0.1) is 26.6 Å². The highest BCUT2D eigenvalue weighted by atomic mass is 19.1. The van der Waals surface area contributed by atoms with Gasteiger partial charge in [0.05, 0.1) is 6.21 Å². The SMILES string of the molecule is Cc1cc(C)c(NC(=O)CCC(=O)N/N=C/c2ccc(F)cc2)c(C)c1. The summed E-state index contributed by atoms with van der Waals surface area (Å²) in [5, 5.41) is 6.65. The fourth-order valence-electron chi connectivity index (χ4n) is 2.59. The standard InChI is InChI=1S/C20H22FN3O2/c1-13-10-14(2)20(15(3)11-13)23-18(25)8-9-19(26)24-22-12-16-4-6-17(21)7-5-16/h4-7,10-12H,8-9H2,1-3H3,(H,23,25)(H,24,26)/b22-12+. The molecular formula is C20H22FN3O2. The minimum absolute atomic E-state index is 0.0244. The Morgan fingerprint density at radius 2 is 1.58 bits per heavy atom. The molecule has 2 rings (SSSR count). The van der Waals surface area contributed by atoms with Crippen LogP contribution in [0.25, 0.3) is 0 Å². The number of anilines is 1. The number of nitrogens with one attached hydrogen (secondary N) is 2. The Kier molecular flexibility index (Phi) is 6.60. The van der Waals surface area contributed by atoms with Gasteiger partial charge in [-0.05, 0) is 49.6 Å². The van der Waals surface area contributed by atoms with Crippen LogP contribution < -0.4 is 10.7 Å². The lowest BCUT2D eigenvalue weighted by atomic mass is 10.0. The van der Waals surface area contributed by atoms with Crippen molar-refractivity contribution in [3.05, 3.63) is 64.5 Å². The average Bonchev–Trinajstić information content (AvgIpc) is 2.58. The molecule has 0 unspecified atom stereocenters. The third kappa shape index (κ3) is 5.81. The van der Waals surface area contributed by atoms with E-state index in [-0.39, 0.29) is 30.5 Å². The van der Waals surface area contributed by atoms with Crippen LogP contribution in [0.15, 0.2) is 41.5 Å². The van der Waals surface area contributed by atoms with E-state index in [0.29, 0.717) is 5.56 Å². The van der Waals surface area contributed by atoms with Gasteiger partial charge in [0.25, 0.3) is 0 Å². The first-order valence-corrected chi connectivity index (χ1v) is 8.30. The molecule has 136 valence electrons. The Morgan fingerprint density at radius 1 is 1.00 bits per heavy atom. The topological polar surface area (TPSA) is 70.6 Å². The van der Waals surface area contributed by atoms with E-state index in [4.69, 9.17) is 0 Å². The van der Waals surface area contributed by atoms with Crippen LogP contribution in [0.5, 0.6) is 0 Å². The Morgan fingerprint density at radius 3 is 2.19 bits per heavy atom. The zero-order chi connectivity index (χ0) is 19.1. The molecule has 2 aromatic carbocycles. The number of hydrogen-bond donors (Lipinski definition) is 2. The minimum Gasteiger partial charge on any atom is -0.326 e. The third-order valence-corrected chi connectivity index (χ3v) is 3.79. The van der Waals surface area contributed by atoms with E-state index in [9.17, 15) is 14.0 Å². The Bertz CT molecular complexity index is 806. The van der Waals surface area contributed by atoms with Gasteiger partial charge in [0.15, 0.2) is 0 Å². The summed E-state index contributed by atoms with van der Waals surface area (Å²) in [7, 11) is 0. The van der Waals surface area contributed by atoms with Crippen LogP contribution in [0.4, 0.5) is 10.1 Å². The lowest BCUT2D eigenvalue weighted by Crippen LogP contribution is -2.21. The number of nitrogens with zero attached hydrogens (tertiary/aromatic N) is 1. The summed E-state index contributed by atoms with van der Waals surface area (Å²) in [5.41, 5.74) is 6.92. The summed E-state index contributed by atoms with van der Waals surface area (Å²) in [6.07, 6.45) is 1.50. The van der Waals surface area contributed by atoms with Crippen LogP contribution >= 0.6 is 0 Å². The van der Waals surface area contributed by atoms with Crippen LogP contribution in [-0.2, 0) is 9.59 Å². The van der Waals surface area contributed by atoms with E-state index in [2.05, 4.69) is 15.8 Å². The van der Waals surface area contributed by atoms with E-state index >= 15 is 0 Å². The van der Waals surface area contributed by atoms with Crippen molar-refractivity contribution in [2.24, 2.45) is 5.10 Å². The summed E-state index contributed by atoms with van der Waals surface area (Å²) in [5.74, 6) is -0.926. The second-order valence-corrected chi connectivity index (χ2v) is 6.17. The van der Waals surface area contributed by atoms with Gasteiger partial charge in [0.2, 0.25) is 11.8 Å². The zero-order valence-electron chi connectivity index (χ0n) is 15.1. The molecule has 2 N–H and O–H groups in total. The lowest BCUT2D eigenvalue weighted by molar-refractivity contribution is -0.124. The molecule has 2 aromatic rings. The molecule has 0 aliphatic rings. The van der Waals surface area contributed by atoms with Crippen molar-refractivity contribution in [2.45, 2.75) is 33.6 Å². The first-order valence-electron chi connectivity index (χ1n) is 8.30. The number of benzene rings is 2. The molecule has 0 radical (unpaired) electrons. The van der Waals surface area contributed by atoms with Gasteiger partial charge >= 0.3 is 0 Å². The number of hydrazone groups is 1. The Hall–Kier alpha value is -3.02. The second kappa shape index (κ2) is 8.89. The van der Waals surface area contributed by atoms with Gasteiger partial charge in [-0.3, -0.25) is 9.59 Å². The molecule has 0 fully saturated rings. The Balaban J connectivity index is 1.80. The molecule has 0 heterocycles. The van der Waals surface area contributed by atoms with E-state index in [1.807, 2.05) is 32.9 Å². The molecule has 0 aliphatic heterocycles. The summed E-state index contributed by atoms with van der Waals surface area (Å²) in [6.45, 7) is 5.88. The van der Waals surface area contributed by atoms with Gasteiger partial charge in [0.1, 0.15) is 5.82 Å². The number of halogens is 1. The van der Waals surface area contributed by atoms with Crippen molar-refractivity contribution in [3.8, 4) is 0 Å². The highest BCUT2D eigenvalue weighted by Gasteiger charge is 2.10. The summed E-state index contributed by atoms with van der Waals surface area (Å²) < 4.78 is 12.8. The predicted molar refractivity (Wildman–Crippen MR) is 101 cm³/mol. The second-order valence-electron chi connectivity index (χ2n) is 6.17. The Labute approximate surface area is 152 Å². The fourth-order valence-corrected chi connectivity index (χ4v) is 2.59. The van der Waals surface area contributed by atoms with Gasteiger partial charge in [-0.2, -0.15) is 5.10 Å². The molecule has 0 bridgehead atoms. The monoisotopic (exact) mass is 355 g/mol. The third-order valence-electron chi connectivity index (χ3n) is 3.79. The molecule has 0 saturated carbocycles. The summed E-state index contributed by atoms with van der Waals surface area (Å²) in [4.78, 5) is 23.8. The minimum atomic E-state index is -0.365. The molecule has 2 amide bonds. The van der Waals surface area contributed by atoms with Crippen molar-refractivity contribution >= 4 is 23.7 Å². The average molecular weight is 355 g/mol. The first kappa shape index (κ1) is 19.3. The van der Waals surface area contributed by atoms with Gasteiger partial charge in [-0.15, -0.1) is 0 Å². The van der Waals surface area contributed by atoms with Gasteiger partial charge in [-0.25, -0.2) is 9.82 Å². The molecular weight excluding hydrogens is 333 g/mol. The maximum Gasteiger partial charge on any atom is 0.240 e. The van der Waals surface area contributed by atoms with Gasteiger partial charge < -0.3 is 5.32 Å². The van der Waals surface area contributed by atoms with Gasteiger partial charge in [-0.1, -0.05) is 29.8 Å². The van der Waals surface area contributed by atoms with Crippen LogP contribution in [0.2, 0.25) is 0 Å². The first-order chi connectivity index (χ1) is 12.3. The molecule has 0 aliphatic carbocycles. The predicted octanol–water partition coefficient (Wildman–Crippen LogP) is 3.62. The number of carbonyl (C=O) groups excluding carboxylic acids is 2. The normalized spacial score (nSPS) is 10.8. The highest BCUT2D eigenvalue weighted by molar-refractivity contribution is 5.94. The number of hydrogen-bond acceptors (Lipinski definition) is 3. The van der Waals surface area contributed by atoms with Crippen LogP contribution in [-0.4, -0.2) is 18.0 Å². The summed E-state index contributed by atoms with van der Waals surface area (Å²) >= 11 is 0.